The fourth-order valence-electron chi connectivity index (χ4n) is 3.17. The van der Waals surface area contributed by atoms with Gasteiger partial charge >= 0.3 is 0 Å². The van der Waals surface area contributed by atoms with Gasteiger partial charge < -0.3 is 10.0 Å². The second-order valence-electron chi connectivity index (χ2n) is 6.07. The SMILES string of the molecule is O[C@H](CN1CCC[C@H](Cn2cncn2)C1)c1cc(F)ccc1F. The number of benzene rings is 1. The lowest BCUT2D eigenvalue weighted by Crippen LogP contribution is -2.39. The molecule has 0 amide bonds. The summed E-state index contributed by atoms with van der Waals surface area (Å²) in [4.78, 5) is 6.03. The molecule has 2 atom stereocenters. The maximum Gasteiger partial charge on any atom is 0.137 e. The average Bonchev–Trinajstić information content (AvgIpc) is 3.03. The number of rotatable bonds is 5. The molecule has 0 spiro atoms. The van der Waals surface area contributed by atoms with E-state index in [2.05, 4.69) is 15.0 Å². The highest BCUT2D eigenvalue weighted by Crippen LogP contribution is 2.23. The van der Waals surface area contributed by atoms with Crippen LogP contribution in [0.5, 0.6) is 0 Å². The van der Waals surface area contributed by atoms with Crippen LogP contribution in [-0.4, -0.2) is 44.4 Å². The number of piperidine rings is 1. The number of likely N-dealkylation sites (tertiary alicyclic amines) is 1. The first kappa shape index (κ1) is 16.0. The first-order chi connectivity index (χ1) is 11.1. The number of hydrogen-bond donors (Lipinski definition) is 1. The second-order valence-corrected chi connectivity index (χ2v) is 6.07. The van der Waals surface area contributed by atoms with Gasteiger partial charge in [0.15, 0.2) is 0 Å². The first-order valence-corrected chi connectivity index (χ1v) is 7.79. The van der Waals surface area contributed by atoms with Crippen molar-refractivity contribution in [2.45, 2.75) is 25.5 Å². The van der Waals surface area contributed by atoms with Crippen molar-refractivity contribution in [1.82, 2.24) is 19.7 Å². The van der Waals surface area contributed by atoms with Crippen LogP contribution in [0.4, 0.5) is 8.78 Å². The molecule has 0 bridgehead atoms. The molecule has 0 radical (unpaired) electrons. The van der Waals surface area contributed by atoms with Gasteiger partial charge in [-0.25, -0.2) is 13.8 Å². The molecule has 1 aromatic heterocycles. The normalized spacial score (nSPS) is 20.6. The molecular weight excluding hydrogens is 302 g/mol. The molecule has 5 nitrogen and oxygen atoms in total. The minimum Gasteiger partial charge on any atom is -0.387 e. The molecule has 2 heterocycles. The molecule has 0 saturated carbocycles. The average molecular weight is 322 g/mol. The molecular formula is C16H20F2N4O. The van der Waals surface area contributed by atoms with Crippen LogP contribution in [0, 0.1) is 17.6 Å². The third kappa shape index (κ3) is 4.11. The molecule has 1 aromatic carbocycles. The minimum absolute atomic E-state index is 0.0170. The van der Waals surface area contributed by atoms with Crippen molar-refractivity contribution in [2.75, 3.05) is 19.6 Å². The smallest absolute Gasteiger partial charge is 0.137 e. The summed E-state index contributed by atoms with van der Waals surface area (Å²) in [5.41, 5.74) is 0.0170. The third-order valence-electron chi connectivity index (χ3n) is 4.26. The predicted molar refractivity (Wildman–Crippen MR) is 80.5 cm³/mol. The van der Waals surface area contributed by atoms with Crippen LogP contribution in [-0.2, 0) is 6.54 Å². The zero-order chi connectivity index (χ0) is 16.2. The molecule has 2 aromatic rings. The molecule has 1 aliphatic rings. The number of aromatic nitrogens is 3. The fourth-order valence-corrected chi connectivity index (χ4v) is 3.17. The van der Waals surface area contributed by atoms with Gasteiger partial charge in [0.05, 0.1) is 6.10 Å². The highest BCUT2D eigenvalue weighted by molar-refractivity contribution is 5.21. The number of halogens is 2. The van der Waals surface area contributed by atoms with E-state index in [0.717, 1.165) is 50.7 Å². The quantitative estimate of drug-likeness (QED) is 0.915. The van der Waals surface area contributed by atoms with Gasteiger partial charge in [-0.1, -0.05) is 0 Å². The topological polar surface area (TPSA) is 54.2 Å². The summed E-state index contributed by atoms with van der Waals surface area (Å²) in [5.74, 6) is -0.701. The fraction of sp³-hybridized carbons (Fsp3) is 0.500. The van der Waals surface area contributed by atoms with Crippen LogP contribution >= 0.6 is 0 Å². The van der Waals surface area contributed by atoms with Gasteiger partial charge in [-0.2, -0.15) is 5.10 Å². The Kier molecular flexibility index (Phi) is 4.97. The summed E-state index contributed by atoms with van der Waals surface area (Å²) in [6.07, 6.45) is 4.27. The van der Waals surface area contributed by atoms with Gasteiger partial charge in [-0.15, -0.1) is 0 Å². The van der Waals surface area contributed by atoms with E-state index in [9.17, 15) is 13.9 Å². The van der Waals surface area contributed by atoms with Gasteiger partial charge in [-0.05, 0) is 43.5 Å². The lowest BCUT2D eigenvalue weighted by molar-refractivity contribution is 0.0778. The van der Waals surface area contributed by atoms with Gasteiger partial charge in [0.2, 0.25) is 0 Å². The zero-order valence-corrected chi connectivity index (χ0v) is 12.8. The molecule has 3 rings (SSSR count). The lowest BCUT2D eigenvalue weighted by Gasteiger charge is -2.33. The molecule has 23 heavy (non-hydrogen) atoms. The van der Waals surface area contributed by atoms with E-state index in [-0.39, 0.29) is 5.56 Å². The van der Waals surface area contributed by atoms with E-state index in [1.54, 1.807) is 11.0 Å². The van der Waals surface area contributed by atoms with Crippen molar-refractivity contribution in [3.63, 3.8) is 0 Å². The maximum absolute atomic E-state index is 13.7. The number of hydrogen-bond acceptors (Lipinski definition) is 4. The van der Waals surface area contributed by atoms with Crippen LogP contribution in [0.15, 0.2) is 30.9 Å². The third-order valence-corrected chi connectivity index (χ3v) is 4.26. The number of β-amino-alcohol motifs (C(OH)–C–C–N with tert-alkyl or cyclic N) is 1. The van der Waals surface area contributed by atoms with Gasteiger partial charge in [0.1, 0.15) is 24.3 Å². The summed E-state index contributed by atoms with van der Waals surface area (Å²) in [6, 6.07) is 3.18. The molecule has 7 heteroatoms. The van der Waals surface area contributed by atoms with E-state index in [4.69, 9.17) is 0 Å². The van der Waals surface area contributed by atoms with Crippen LogP contribution in [0.25, 0.3) is 0 Å². The van der Waals surface area contributed by atoms with Gasteiger partial charge in [0.25, 0.3) is 0 Å². The molecule has 1 fully saturated rings. The highest BCUT2D eigenvalue weighted by Gasteiger charge is 2.24. The summed E-state index contributed by atoms with van der Waals surface area (Å²) >= 11 is 0. The Balaban J connectivity index is 1.59. The van der Waals surface area contributed by atoms with Crippen LogP contribution in [0.2, 0.25) is 0 Å². The molecule has 1 aliphatic heterocycles. The molecule has 124 valence electrons. The van der Waals surface area contributed by atoms with Gasteiger partial charge in [0, 0.05) is 25.2 Å². The second kappa shape index (κ2) is 7.14. The molecule has 1 N–H and O–H groups in total. The Bertz CT molecular complexity index is 635. The van der Waals surface area contributed by atoms with Crippen molar-refractivity contribution < 1.29 is 13.9 Å². The van der Waals surface area contributed by atoms with Crippen LogP contribution < -0.4 is 0 Å². The Hall–Kier alpha value is -1.86. The van der Waals surface area contributed by atoms with E-state index in [1.807, 2.05) is 0 Å². The largest absolute Gasteiger partial charge is 0.387 e. The molecule has 0 unspecified atom stereocenters. The molecule has 0 aliphatic carbocycles. The molecule has 1 saturated heterocycles. The van der Waals surface area contributed by atoms with Crippen molar-refractivity contribution in [2.24, 2.45) is 5.92 Å². The number of aliphatic hydroxyl groups is 1. The van der Waals surface area contributed by atoms with E-state index < -0.39 is 17.7 Å². The standard InChI is InChI=1S/C16H20F2N4O/c17-13-3-4-15(18)14(6-13)16(23)9-21-5-1-2-12(7-21)8-22-11-19-10-20-22/h3-4,6,10-12,16,23H,1-2,5,7-9H2/t12-,16+/m0/s1. The Morgan fingerprint density at radius 2 is 2.22 bits per heavy atom. The monoisotopic (exact) mass is 322 g/mol. The summed E-state index contributed by atoms with van der Waals surface area (Å²) in [5, 5.41) is 14.4. The lowest BCUT2D eigenvalue weighted by atomic mass is 9.97. The Morgan fingerprint density at radius 1 is 1.35 bits per heavy atom. The zero-order valence-electron chi connectivity index (χ0n) is 12.8. The summed E-state index contributed by atoms with van der Waals surface area (Å²) < 4.78 is 28.8. The predicted octanol–water partition coefficient (Wildman–Crippen LogP) is 2.00. The van der Waals surface area contributed by atoms with Crippen molar-refractivity contribution >= 4 is 0 Å². The van der Waals surface area contributed by atoms with Crippen molar-refractivity contribution in [3.05, 3.63) is 48.1 Å². The van der Waals surface area contributed by atoms with E-state index in [0.29, 0.717) is 12.5 Å². The highest BCUT2D eigenvalue weighted by atomic mass is 19.1. The number of aliphatic hydroxyl groups excluding tert-OH is 1. The maximum atomic E-state index is 13.7. The minimum atomic E-state index is -1.03. The summed E-state index contributed by atoms with van der Waals surface area (Å²) in [7, 11) is 0. The Labute approximate surface area is 133 Å². The van der Waals surface area contributed by atoms with Crippen LogP contribution in [0.1, 0.15) is 24.5 Å². The van der Waals surface area contributed by atoms with E-state index >= 15 is 0 Å². The van der Waals surface area contributed by atoms with Gasteiger partial charge in [-0.3, -0.25) is 4.68 Å². The summed E-state index contributed by atoms with van der Waals surface area (Å²) in [6.45, 7) is 2.73. The van der Waals surface area contributed by atoms with Crippen molar-refractivity contribution in [1.29, 1.82) is 0 Å². The number of nitrogens with zero attached hydrogens (tertiary/aromatic N) is 4. The first-order valence-electron chi connectivity index (χ1n) is 7.79. The van der Waals surface area contributed by atoms with E-state index in [1.165, 1.54) is 6.33 Å². The van der Waals surface area contributed by atoms with Crippen LogP contribution in [0.3, 0.4) is 0 Å². The Morgan fingerprint density at radius 3 is 3.00 bits per heavy atom. The van der Waals surface area contributed by atoms with Crippen molar-refractivity contribution in [3.8, 4) is 0 Å².